The summed E-state index contributed by atoms with van der Waals surface area (Å²) in [4.78, 5) is 35.8. The number of Topliss-reactive ketones (excluding diaryl/α,β-unsaturated/α-hetero) is 1. The summed E-state index contributed by atoms with van der Waals surface area (Å²) in [7, 11) is 0. The van der Waals surface area contributed by atoms with Crippen LogP contribution in [0.15, 0.2) is 12.2 Å². The number of allylic oxidation sites excluding steroid dienone is 2. The third-order valence-corrected chi connectivity index (χ3v) is 4.65. The summed E-state index contributed by atoms with van der Waals surface area (Å²) < 4.78 is 5.24. The molecule has 21 heavy (non-hydrogen) atoms. The molecule has 0 aromatic carbocycles. The summed E-state index contributed by atoms with van der Waals surface area (Å²) in [5.41, 5.74) is -1.09. The molecule has 5 heteroatoms. The van der Waals surface area contributed by atoms with Gasteiger partial charge < -0.3 is 10.1 Å². The minimum absolute atomic E-state index is 0.0535. The van der Waals surface area contributed by atoms with Gasteiger partial charge in [0.1, 0.15) is 11.6 Å². The van der Waals surface area contributed by atoms with Crippen molar-refractivity contribution in [3.05, 3.63) is 12.2 Å². The van der Waals surface area contributed by atoms with E-state index in [-0.39, 0.29) is 17.6 Å². The highest BCUT2D eigenvalue weighted by atomic mass is 16.5. The van der Waals surface area contributed by atoms with Gasteiger partial charge in [-0.2, -0.15) is 0 Å². The molecule has 0 radical (unpaired) electrons. The SMILES string of the molecule is CCC[C@H]1C(=O)N[C@H](C(=O)[C@@H]2C=CCCC2)[C@@]1(C)OC=O. The highest BCUT2D eigenvalue weighted by Crippen LogP contribution is 2.37. The summed E-state index contributed by atoms with van der Waals surface area (Å²) in [5.74, 6) is -0.908. The third-order valence-electron chi connectivity index (χ3n) is 4.65. The van der Waals surface area contributed by atoms with Gasteiger partial charge >= 0.3 is 0 Å². The Labute approximate surface area is 125 Å². The van der Waals surface area contributed by atoms with Crippen LogP contribution >= 0.6 is 0 Å². The van der Waals surface area contributed by atoms with Gasteiger partial charge in [-0.25, -0.2) is 0 Å². The summed E-state index contributed by atoms with van der Waals surface area (Å²) in [6.07, 6.45) is 8.05. The molecule has 1 N–H and O–H groups in total. The molecule has 4 atom stereocenters. The zero-order valence-electron chi connectivity index (χ0n) is 12.6. The highest BCUT2D eigenvalue weighted by Gasteiger charge is 2.56. The second-order valence-corrected chi connectivity index (χ2v) is 6.05. The van der Waals surface area contributed by atoms with Crippen LogP contribution in [0.2, 0.25) is 0 Å². The first-order valence-electron chi connectivity index (χ1n) is 7.66. The van der Waals surface area contributed by atoms with E-state index in [1.54, 1.807) is 6.92 Å². The number of hydrogen-bond donors (Lipinski definition) is 1. The van der Waals surface area contributed by atoms with Crippen molar-refractivity contribution in [3.63, 3.8) is 0 Å². The van der Waals surface area contributed by atoms with Crippen LogP contribution in [-0.4, -0.2) is 29.8 Å². The van der Waals surface area contributed by atoms with Crippen molar-refractivity contribution in [2.24, 2.45) is 11.8 Å². The van der Waals surface area contributed by atoms with Crippen LogP contribution in [0.4, 0.5) is 0 Å². The van der Waals surface area contributed by atoms with E-state index in [9.17, 15) is 14.4 Å². The number of amides is 1. The predicted octanol–water partition coefficient (Wildman–Crippen LogP) is 1.76. The number of carbonyl (C=O) groups is 3. The molecule has 0 unspecified atom stereocenters. The first-order chi connectivity index (χ1) is 10.0. The van der Waals surface area contributed by atoms with E-state index in [0.29, 0.717) is 12.9 Å². The van der Waals surface area contributed by atoms with Gasteiger partial charge in [-0.1, -0.05) is 25.5 Å². The summed E-state index contributed by atoms with van der Waals surface area (Å²) in [6.45, 7) is 4.00. The van der Waals surface area contributed by atoms with Gasteiger partial charge in [0, 0.05) is 5.92 Å². The molecule has 1 amide bonds. The fourth-order valence-electron chi connectivity index (χ4n) is 3.42. The lowest BCUT2D eigenvalue weighted by Crippen LogP contribution is -2.52. The average molecular weight is 293 g/mol. The van der Waals surface area contributed by atoms with Gasteiger partial charge in [-0.3, -0.25) is 14.4 Å². The van der Waals surface area contributed by atoms with E-state index in [1.807, 2.05) is 19.1 Å². The molecule has 0 saturated carbocycles. The van der Waals surface area contributed by atoms with Crippen molar-refractivity contribution >= 4 is 18.2 Å². The molecular weight excluding hydrogens is 270 g/mol. The Balaban J connectivity index is 2.26. The lowest BCUT2D eigenvalue weighted by molar-refractivity contribution is -0.152. The van der Waals surface area contributed by atoms with Crippen LogP contribution < -0.4 is 5.32 Å². The maximum atomic E-state index is 12.7. The molecule has 116 valence electrons. The van der Waals surface area contributed by atoms with Crippen LogP contribution in [0.25, 0.3) is 0 Å². The average Bonchev–Trinajstić information content (AvgIpc) is 2.73. The van der Waals surface area contributed by atoms with Gasteiger partial charge in [-0.05, 0) is 32.6 Å². The van der Waals surface area contributed by atoms with Crippen molar-refractivity contribution in [1.29, 1.82) is 0 Å². The molecule has 5 nitrogen and oxygen atoms in total. The van der Waals surface area contributed by atoms with E-state index < -0.39 is 17.6 Å². The summed E-state index contributed by atoms with van der Waals surface area (Å²) in [6, 6.07) is -0.750. The van der Waals surface area contributed by atoms with Gasteiger partial charge in [0.2, 0.25) is 5.91 Å². The Bertz CT molecular complexity index is 459. The Morgan fingerprint density at radius 2 is 2.33 bits per heavy atom. The maximum absolute atomic E-state index is 12.7. The normalized spacial score (nSPS) is 35.3. The number of rotatable bonds is 6. The second-order valence-electron chi connectivity index (χ2n) is 6.05. The van der Waals surface area contributed by atoms with Crippen molar-refractivity contribution < 1.29 is 19.1 Å². The van der Waals surface area contributed by atoms with E-state index >= 15 is 0 Å². The standard InChI is InChI=1S/C16H23NO4/c1-3-7-12-15(20)17-14(16(12,2)21-10-18)13(19)11-8-5-4-6-9-11/h5,8,10-12,14H,3-4,6-7,9H2,1-2H3,(H,17,20)/t11-,12+,14-,16+/m1/s1. The zero-order chi connectivity index (χ0) is 15.5. The minimum Gasteiger partial charge on any atom is -0.458 e. The predicted molar refractivity (Wildman–Crippen MR) is 77.4 cm³/mol. The van der Waals surface area contributed by atoms with Gasteiger partial charge in [0.05, 0.1) is 5.92 Å². The molecule has 0 aromatic rings. The van der Waals surface area contributed by atoms with Crippen molar-refractivity contribution in [2.45, 2.75) is 57.6 Å². The third kappa shape index (κ3) is 2.87. The van der Waals surface area contributed by atoms with Gasteiger partial charge in [0.15, 0.2) is 5.78 Å². The smallest absolute Gasteiger partial charge is 0.293 e. The van der Waals surface area contributed by atoms with E-state index in [4.69, 9.17) is 4.74 Å². The molecule has 1 saturated heterocycles. The van der Waals surface area contributed by atoms with E-state index in [2.05, 4.69) is 5.32 Å². The van der Waals surface area contributed by atoms with Gasteiger partial charge in [0.25, 0.3) is 6.47 Å². The first kappa shape index (κ1) is 15.7. The maximum Gasteiger partial charge on any atom is 0.293 e. The molecule has 1 aliphatic carbocycles. The summed E-state index contributed by atoms with van der Waals surface area (Å²) in [5, 5.41) is 2.75. The van der Waals surface area contributed by atoms with Crippen LogP contribution in [0.1, 0.15) is 46.0 Å². The Hall–Kier alpha value is -1.65. The molecule has 2 rings (SSSR count). The van der Waals surface area contributed by atoms with Crippen molar-refractivity contribution in [2.75, 3.05) is 0 Å². The molecule has 1 heterocycles. The molecule has 0 spiro atoms. The first-order valence-corrected chi connectivity index (χ1v) is 7.66. The molecular formula is C16H23NO4. The van der Waals surface area contributed by atoms with Crippen LogP contribution in [-0.2, 0) is 19.1 Å². The molecule has 1 aliphatic heterocycles. The number of hydrogen-bond acceptors (Lipinski definition) is 4. The fraction of sp³-hybridized carbons (Fsp3) is 0.688. The highest BCUT2D eigenvalue weighted by molar-refractivity contribution is 5.97. The number of nitrogens with one attached hydrogen (secondary N) is 1. The monoisotopic (exact) mass is 293 g/mol. The number of carbonyl (C=O) groups excluding carboxylic acids is 3. The van der Waals surface area contributed by atoms with Crippen molar-refractivity contribution in [3.8, 4) is 0 Å². The largest absolute Gasteiger partial charge is 0.458 e. The summed E-state index contributed by atoms with van der Waals surface area (Å²) >= 11 is 0. The van der Waals surface area contributed by atoms with Crippen LogP contribution in [0, 0.1) is 11.8 Å². The topological polar surface area (TPSA) is 72.5 Å². The van der Waals surface area contributed by atoms with Gasteiger partial charge in [-0.15, -0.1) is 0 Å². The van der Waals surface area contributed by atoms with E-state index in [1.165, 1.54) is 0 Å². The lowest BCUT2D eigenvalue weighted by atomic mass is 9.78. The van der Waals surface area contributed by atoms with Crippen LogP contribution in [0.5, 0.6) is 0 Å². The van der Waals surface area contributed by atoms with E-state index in [0.717, 1.165) is 25.7 Å². The Kier molecular flexibility index (Phi) is 4.80. The fourth-order valence-corrected chi connectivity index (χ4v) is 3.42. The number of ether oxygens (including phenoxy) is 1. The lowest BCUT2D eigenvalue weighted by Gasteiger charge is -2.33. The Morgan fingerprint density at radius 1 is 1.57 bits per heavy atom. The van der Waals surface area contributed by atoms with Crippen LogP contribution in [0.3, 0.4) is 0 Å². The Morgan fingerprint density at radius 3 is 2.90 bits per heavy atom. The molecule has 2 aliphatic rings. The van der Waals surface area contributed by atoms with Crippen molar-refractivity contribution in [1.82, 2.24) is 5.32 Å². The molecule has 0 bridgehead atoms. The molecule has 0 aromatic heterocycles. The zero-order valence-corrected chi connectivity index (χ0v) is 12.6. The second kappa shape index (κ2) is 6.41. The molecule has 1 fully saturated rings. The number of ketones is 1. The minimum atomic E-state index is -1.09. The quantitative estimate of drug-likeness (QED) is 0.598.